The summed E-state index contributed by atoms with van der Waals surface area (Å²) in [6, 6.07) is 8.51. The molecule has 2 aromatic rings. The van der Waals surface area contributed by atoms with Crippen LogP contribution < -0.4 is 10.6 Å². The molecule has 0 aliphatic heterocycles. The topological polar surface area (TPSA) is 72.1 Å². The van der Waals surface area contributed by atoms with Gasteiger partial charge in [0, 0.05) is 0 Å². The molecule has 0 bridgehead atoms. The molecule has 0 fully saturated rings. The number of hydrogen-bond donors (Lipinski definition) is 1. The van der Waals surface area contributed by atoms with Crippen molar-refractivity contribution in [3.63, 3.8) is 0 Å². The number of hydrogen-bond acceptors (Lipinski definition) is 4. The van der Waals surface area contributed by atoms with Gasteiger partial charge < -0.3 is 5.73 Å². The Labute approximate surface area is 90.2 Å². The second-order valence-electron chi connectivity index (χ2n) is 2.73. The van der Waals surface area contributed by atoms with E-state index in [0.29, 0.717) is 10.8 Å². The van der Waals surface area contributed by atoms with Gasteiger partial charge in [-0.2, -0.15) is 0 Å². The molecule has 2 rings (SSSR count). The van der Waals surface area contributed by atoms with E-state index in [1.807, 2.05) is 18.2 Å². The van der Waals surface area contributed by atoms with Crippen LogP contribution in [0, 0.1) is 0 Å². The maximum Gasteiger partial charge on any atom is 0.325 e. The highest BCUT2D eigenvalue weighted by Gasteiger charge is 2.17. The molecule has 2 N–H and O–H groups in total. The molecule has 1 heterocycles. The van der Waals surface area contributed by atoms with E-state index < -0.39 is 6.03 Å². The molecule has 0 radical (unpaired) electrons. The van der Waals surface area contributed by atoms with Gasteiger partial charge in [-0.1, -0.05) is 29.5 Å². The van der Waals surface area contributed by atoms with E-state index in [1.54, 1.807) is 17.6 Å². The molecule has 0 spiro atoms. The minimum absolute atomic E-state index is 0.466. The summed E-state index contributed by atoms with van der Waals surface area (Å²) in [5.74, 6) is 0. The number of para-hydroxylation sites is 1. The van der Waals surface area contributed by atoms with Crippen LogP contribution in [0.1, 0.15) is 0 Å². The summed E-state index contributed by atoms with van der Waals surface area (Å²) < 4.78 is 0. The molecular formula is C9H8N4OS. The van der Waals surface area contributed by atoms with Crippen LogP contribution in [0.3, 0.4) is 0 Å². The van der Waals surface area contributed by atoms with Gasteiger partial charge in [0.1, 0.15) is 5.51 Å². The Hall–Kier alpha value is -1.95. The summed E-state index contributed by atoms with van der Waals surface area (Å²) in [7, 11) is 0. The Morgan fingerprint density at radius 3 is 2.60 bits per heavy atom. The van der Waals surface area contributed by atoms with Gasteiger partial charge in [-0.05, 0) is 12.1 Å². The Bertz CT molecular complexity index is 442. The van der Waals surface area contributed by atoms with Crippen LogP contribution in [0.25, 0.3) is 0 Å². The average Bonchev–Trinajstić information content (AvgIpc) is 2.72. The quantitative estimate of drug-likeness (QED) is 0.838. The molecule has 6 heteroatoms. The van der Waals surface area contributed by atoms with Gasteiger partial charge >= 0.3 is 6.03 Å². The fourth-order valence-corrected chi connectivity index (χ4v) is 1.76. The van der Waals surface area contributed by atoms with Crippen molar-refractivity contribution in [2.45, 2.75) is 0 Å². The van der Waals surface area contributed by atoms with E-state index in [0.717, 1.165) is 0 Å². The number of primary amides is 1. The van der Waals surface area contributed by atoms with E-state index in [4.69, 9.17) is 5.73 Å². The lowest BCUT2D eigenvalue weighted by molar-refractivity contribution is 0.256. The molecule has 15 heavy (non-hydrogen) atoms. The number of benzene rings is 1. The van der Waals surface area contributed by atoms with Crippen molar-refractivity contribution in [2.75, 3.05) is 4.90 Å². The molecule has 0 saturated carbocycles. The Kier molecular flexibility index (Phi) is 2.59. The first-order chi connectivity index (χ1) is 7.29. The van der Waals surface area contributed by atoms with E-state index in [1.165, 1.54) is 16.2 Å². The molecule has 76 valence electrons. The lowest BCUT2D eigenvalue weighted by Crippen LogP contribution is -2.31. The van der Waals surface area contributed by atoms with E-state index >= 15 is 0 Å². The van der Waals surface area contributed by atoms with Crippen LogP contribution in [-0.2, 0) is 0 Å². The fourth-order valence-electron chi connectivity index (χ4n) is 1.17. The van der Waals surface area contributed by atoms with Gasteiger partial charge in [-0.15, -0.1) is 10.2 Å². The molecule has 0 saturated heterocycles. The first kappa shape index (κ1) is 9.60. The predicted octanol–water partition coefficient (Wildman–Crippen LogP) is 1.75. The highest BCUT2D eigenvalue weighted by Crippen LogP contribution is 2.25. The van der Waals surface area contributed by atoms with Crippen molar-refractivity contribution in [1.82, 2.24) is 10.2 Å². The van der Waals surface area contributed by atoms with Gasteiger partial charge in [0.15, 0.2) is 0 Å². The predicted molar refractivity (Wildman–Crippen MR) is 58.1 cm³/mol. The van der Waals surface area contributed by atoms with Crippen LogP contribution in [0.5, 0.6) is 0 Å². The number of nitrogens with two attached hydrogens (primary N) is 1. The third-order valence-electron chi connectivity index (χ3n) is 1.77. The highest BCUT2D eigenvalue weighted by atomic mass is 32.1. The summed E-state index contributed by atoms with van der Waals surface area (Å²) in [4.78, 5) is 12.6. The van der Waals surface area contributed by atoms with Gasteiger partial charge in [0.05, 0.1) is 5.69 Å². The van der Waals surface area contributed by atoms with Crippen molar-refractivity contribution < 1.29 is 4.79 Å². The summed E-state index contributed by atoms with van der Waals surface area (Å²) in [5.41, 5.74) is 7.52. The summed E-state index contributed by atoms with van der Waals surface area (Å²) in [6.07, 6.45) is 0. The molecule has 0 unspecified atom stereocenters. The Balaban J connectivity index is 2.42. The molecule has 0 atom stereocenters. The van der Waals surface area contributed by atoms with Crippen LogP contribution in [0.15, 0.2) is 35.8 Å². The van der Waals surface area contributed by atoms with Crippen LogP contribution >= 0.6 is 11.3 Å². The van der Waals surface area contributed by atoms with E-state index in [-0.39, 0.29) is 0 Å². The van der Waals surface area contributed by atoms with Crippen LogP contribution in [0.2, 0.25) is 0 Å². The fraction of sp³-hybridized carbons (Fsp3) is 0. The van der Waals surface area contributed by atoms with Crippen molar-refractivity contribution in [3.8, 4) is 0 Å². The standard InChI is InChI=1S/C9H8N4OS/c10-8(14)13(9-12-11-6-15-9)7-4-2-1-3-5-7/h1-6H,(H2,10,14). The monoisotopic (exact) mass is 220 g/mol. The normalized spacial score (nSPS) is 9.87. The third-order valence-corrected chi connectivity index (χ3v) is 2.45. The van der Waals surface area contributed by atoms with Crippen molar-refractivity contribution in [2.24, 2.45) is 5.73 Å². The second-order valence-corrected chi connectivity index (χ2v) is 3.54. The summed E-state index contributed by atoms with van der Waals surface area (Å²) in [5, 5.41) is 7.94. The first-order valence-electron chi connectivity index (χ1n) is 4.20. The molecule has 1 aromatic carbocycles. The lowest BCUT2D eigenvalue weighted by Gasteiger charge is -2.15. The van der Waals surface area contributed by atoms with Crippen molar-refractivity contribution >= 4 is 28.2 Å². The van der Waals surface area contributed by atoms with Crippen molar-refractivity contribution in [1.29, 1.82) is 0 Å². The minimum Gasteiger partial charge on any atom is -0.351 e. The number of nitrogens with zero attached hydrogens (tertiary/aromatic N) is 3. The number of aromatic nitrogens is 2. The number of amides is 2. The molecule has 5 nitrogen and oxygen atoms in total. The Morgan fingerprint density at radius 1 is 1.33 bits per heavy atom. The average molecular weight is 220 g/mol. The molecule has 1 aromatic heterocycles. The molecule has 0 aliphatic carbocycles. The SMILES string of the molecule is NC(=O)N(c1ccccc1)c1nncs1. The maximum atomic E-state index is 11.3. The second kappa shape index (κ2) is 4.05. The van der Waals surface area contributed by atoms with Crippen LogP contribution in [-0.4, -0.2) is 16.2 Å². The number of anilines is 2. The minimum atomic E-state index is -0.571. The largest absolute Gasteiger partial charge is 0.351 e. The van der Waals surface area contributed by atoms with Gasteiger partial charge in [0.25, 0.3) is 0 Å². The third kappa shape index (κ3) is 1.94. The lowest BCUT2D eigenvalue weighted by atomic mass is 10.3. The summed E-state index contributed by atoms with van der Waals surface area (Å²) in [6.45, 7) is 0. The number of urea groups is 1. The smallest absolute Gasteiger partial charge is 0.325 e. The zero-order valence-corrected chi connectivity index (χ0v) is 8.52. The van der Waals surface area contributed by atoms with E-state index in [2.05, 4.69) is 10.2 Å². The van der Waals surface area contributed by atoms with E-state index in [9.17, 15) is 4.79 Å². The van der Waals surface area contributed by atoms with Crippen molar-refractivity contribution in [3.05, 3.63) is 35.8 Å². The maximum absolute atomic E-state index is 11.3. The number of carbonyl (C=O) groups excluding carboxylic acids is 1. The first-order valence-corrected chi connectivity index (χ1v) is 5.08. The molecule has 0 aliphatic rings. The Morgan fingerprint density at radius 2 is 2.07 bits per heavy atom. The number of rotatable bonds is 2. The number of carbonyl (C=O) groups is 1. The molecule has 2 amide bonds. The van der Waals surface area contributed by atoms with Crippen LogP contribution in [0.4, 0.5) is 15.6 Å². The van der Waals surface area contributed by atoms with Gasteiger partial charge in [0.2, 0.25) is 5.13 Å². The van der Waals surface area contributed by atoms with Gasteiger partial charge in [-0.3, -0.25) is 0 Å². The highest BCUT2D eigenvalue weighted by molar-refractivity contribution is 7.13. The summed E-state index contributed by atoms with van der Waals surface area (Å²) >= 11 is 1.26. The zero-order valence-electron chi connectivity index (χ0n) is 7.70. The molecular weight excluding hydrogens is 212 g/mol. The van der Waals surface area contributed by atoms with Gasteiger partial charge in [-0.25, -0.2) is 9.69 Å². The zero-order chi connectivity index (χ0) is 10.7.